The molecule has 0 saturated carbocycles. The summed E-state index contributed by atoms with van der Waals surface area (Å²) in [5, 5.41) is 10.1. The van der Waals surface area contributed by atoms with E-state index in [0.29, 0.717) is 28.2 Å². The summed E-state index contributed by atoms with van der Waals surface area (Å²) in [6, 6.07) is 15.3. The molecule has 0 spiro atoms. The van der Waals surface area contributed by atoms with Crippen LogP contribution in [0.2, 0.25) is 0 Å². The highest BCUT2D eigenvalue weighted by molar-refractivity contribution is 6.00. The minimum Gasteiger partial charge on any atom is -0.481 e. The fourth-order valence-electron chi connectivity index (χ4n) is 4.19. The molecule has 1 amide bonds. The lowest BCUT2D eigenvalue weighted by atomic mass is 9.80. The van der Waals surface area contributed by atoms with E-state index in [2.05, 4.69) is 4.98 Å². The van der Waals surface area contributed by atoms with Crippen molar-refractivity contribution >= 4 is 11.9 Å². The Morgan fingerprint density at radius 1 is 1.10 bits per heavy atom. The van der Waals surface area contributed by atoms with Gasteiger partial charge in [0, 0.05) is 24.5 Å². The maximum Gasteiger partial charge on any atom is 0.313 e. The average Bonchev–Trinajstić information content (AvgIpc) is 3.24. The highest BCUT2D eigenvalue weighted by Crippen LogP contribution is 2.44. The number of pyridine rings is 1. The van der Waals surface area contributed by atoms with Crippen LogP contribution in [0.15, 0.2) is 67.0 Å². The number of carbonyl (C=O) groups is 2. The predicted molar refractivity (Wildman–Crippen MR) is 106 cm³/mol. The molecule has 0 bridgehead atoms. The molecule has 0 radical (unpaired) electrons. The van der Waals surface area contributed by atoms with Crippen LogP contribution in [0.5, 0.6) is 11.5 Å². The fourth-order valence-corrected chi connectivity index (χ4v) is 4.19. The van der Waals surface area contributed by atoms with Crippen molar-refractivity contribution in [3.05, 3.63) is 89.2 Å². The Morgan fingerprint density at radius 2 is 1.93 bits per heavy atom. The molecule has 0 unspecified atom stereocenters. The third-order valence-corrected chi connectivity index (χ3v) is 5.52. The number of aromatic nitrogens is 1. The number of carboxylic acid groups (broad SMARTS) is 1. The Morgan fingerprint density at radius 3 is 2.73 bits per heavy atom. The van der Waals surface area contributed by atoms with Crippen molar-refractivity contribution in [2.75, 3.05) is 6.79 Å². The van der Waals surface area contributed by atoms with Crippen LogP contribution in [0.1, 0.15) is 39.0 Å². The molecule has 5 rings (SSSR count). The molecule has 2 aromatic carbocycles. The van der Waals surface area contributed by atoms with Gasteiger partial charge in [-0.05, 0) is 41.0 Å². The molecule has 0 fully saturated rings. The maximum atomic E-state index is 13.5. The SMILES string of the molecule is O=C(O)[C@@H]1c2ccccc2C(=O)N(Cc2ccc3c(c2)OCO3)[C@H]1c1cccnc1. The molecule has 2 aliphatic rings. The van der Waals surface area contributed by atoms with Gasteiger partial charge in [-0.25, -0.2) is 0 Å². The molecule has 7 nitrogen and oxygen atoms in total. The third-order valence-electron chi connectivity index (χ3n) is 5.52. The molecule has 2 aliphatic heterocycles. The number of hydrogen-bond acceptors (Lipinski definition) is 5. The minimum absolute atomic E-state index is 0.161. The Kier molecular flexibility index (Phi) is 4.35. The second kappa shape index (κ2) is 7.18. The van der Waals surface area contributed by atoms with Gasteiger partial charge in [-0.1, -0.05) is 30.3 Å². The van der Waals surface area contributed by atoms with Crippen molar-refractivity contribution in [3.8, 4) is 11.5 Å². The van der Waals surface area contributed by atoms with Crippen molar-refractivity contribution in [1.82, 2.24) is 9.88 Å². The zero-order valence-electron chi connectivity index (χ0n) is 15.9. The number of amides is 1. The Balaban J connectivity index is 1.63. The van der Waals surface area contributed by atoms with E-state index in [0.717, 1.165) is 5.56 Å². The lowest BCUT2D eigenvalue weighted by Gasteiger charge is -2.40. The molecule has 1 N–H and O–H groups in total. The number of rotatable bonds is 4. The average molecular weight is 402 g/mol. The van der Waals surface area contributed by atoms with Crippen LogP contribution in [0.3, 0.4) is 0 Å². The molecule has 3 heterocycles. The van der Waals surface area contributed by atoms with Gasteiger partial charge in [-0.3, -0.25) is 14.6 Å². The van der Waals surface area contributed by atoms with Crippen molar-refractivity contribution in [3.63, 3.8) is 0 Å². The number of carbonyl (C=O) groups excluding carboxylic acids is 1. The van der Waals surface area contributed by atoms with E-state index in [4.69, 9.17) is 9.47 Å². The summed E-state index contributed by atoms with van der Waals surface area (Å²) in [5.41, 5.74) is 2.43. The number of ether oxygens (including phenoxy) is 2. The standard InChI is InChI=1S/C23H18N2O5/c26-22-17-6-2-1-5-16(17)20(23(27)28)21(15-4-3-9-24-11-15)25(22)12-14-7-8-18-19(10-14)30-13-29-18/h1-11,20-21H,12-13H2,(H,27,28)/t20-,21+/m1/s1. The quantitative estimate of drug-likeness (QED) is 0.720. The first kappa shape index (κ1) is 18.2. The monoisotopic (exact) mass is 402 g/mol. The first-order chi connectivity index (χ1) is 14.6. The highest BCUT2D eigenvalue weighted by Gasteiger charge is 2.44. The number of nitrogens with zero attached hydrogens (tertiary/aromatic N) is 2. The first-order valence-electron chi connectivity index (χ1n) is 9.54. The predicted octanol–water partition coefficient (Wildman–Crippen LogP) is 3.38. The smallest absolute Gasteiger partial charge is 0.313 e. The first-order valence-corrected chi connectivity index (χ1v) is 9.54. The van der Waals surface area contributed by atoms with Gasteiger partial charge in [0.25, 0.3) is 5.91 Å². The van der Waals surface area contributed by atoms with Gasteiger partial charge in [0.05, 0.1) is 6.04 Å². The Labute approximate surface area is 172 Å². The summed E-state index contributed by atoms with van der Waals surface area (Å²) in [4.78, 5) is 31.6. The molecule has 2 atom stereocenters. The fraction of sp³-hybridized carbons (Fsp3) is 0.174. The molecular weight excluding hydrogens is 384 g/mol. The zero-order chi connectivity index (χ0) is 20.7. The van der Waals surface area contributed by atoms with Gasteiger partial charge in [0.15, 0.2) is 11.5 Å². The van der Waals surface area contributed by atoms with E-state index >= 15 is 0 Å². The van der Waals surface area contributed by atoms with Crippen molar-refractivity contribution in [2.45, 2.75) is 18.5 Å². The van der Waals surface area contributed by atoms with Crippen molar-refractivity contribution < 1.29 is 24.2 Å². The van der Waals surface area contributed by atoms with Gasteiger partial charge in [-0.2, -0.15) is 0 Å². The summed E-state index contributed by atoms with van der Waals surface area (Å²) in [6.07, 6.45) is 3.24. The van der Waals surface area contributed by atoms with Gasteiger partial charge >= 0.3 is 5.97 Å². The van der Waals surface area contributed by atoms with E-state index in [1.807, 2.05) is 18.2 Å². The Hall–Kier alpha value is -3.87. The molecule has 3 aromatic rings. The minimum atomic E-state index is -0.987. The lowest BCUT2D eigenvalue weighted by molar-refractivity contribution is -0.140. The van der Waals surface area contributed by atoms with Crippen LogP contribution in [-0.2, 0) is 11.3 Å². The molecule has 1 aromatic heterocycles. The van der Waals surface area contributed by atoms with E-state index in [1.54, 1.807) is 53.7 Å². The highest BCUT2D eigenvalue weighted by atomic mass is 16.7. The van der Waals surface area contributed by atoms with Crippen molar-refractivity contribution in [1.29, 1.82) is 0 Å². The van der Waals surface area contributed by atoms with E-state index in [1.165, 1.54) is 0 Å². The second-order valence-electron chi connectivity index (χ2n) is 7.26. The molecular formula is C23H18N2O5. The van der Waals surface area contributed by atoms with Crippen molar-refractivity contribution in [2.24, 2.45) is 0 Å². The van der Waals surface area contributed by atoms with Crippen LogP contribution in [0, 0.1) is 0 Å². The van der Waals surface area contributed by atoms with Gasteiger partial charge in [0.1, 0.15) is 5.92 Å². The number of benzene rings is 2. The second-order valence-corrected chi connectivity index (χ2v) is 7.26. The molecule has 150 valence electrons. The molecule has 7 heteroatoms. The van der Waals surface area contributed by atoms with E-state index in [9.17, 15) is 14.7 Å². The zero-order valence-corrected chi connectivity index (χ0v) is 15.9. The van der Waals surface area contributed by atoms with Crippen LogP contribution < -0.4 is 9.47 Å². The van der Waals surface area contributed by atoms with Gasteiger partial charge in [0.2, 0.25) is 6.79 Å². The van der Waals surface area contributed by atoms with E-state index < -0.39 is 17.9 Å². The largest absolute Gasteiger partial charge is 0.481 e. The summed E-state index contributed by atoms with van der Waals surface area (Å²) in [5.74, 6) is -0.836. The van der Waals surface area contributed by atoms with Crippen LogP contribution in [-0.4, -0.2) is 33.7 Å². The number of aliphatic carboxylic acids is 1. The summed E-state index contributed by atoms with van der Waals surface area (Å²) < 4.78 is 10.8. The van der Waals surface area contributed by atoms with Crippen LogP contribution in [0.25, 0.3) is 0 Å². The summed E-state index contributed by atoms with van der Waals surface area (Å²) >= 11 is 0. The molecule has 30 heavy (non-hydrogen) atoms. The number of carboxylic acids is 1. The Bertz CT molecular complexity index is 1130. The summed E-state index contributed by atoms with van der Waals surface area (Å²) in [6.45, 7) is 0.390. The maximum absolute atomic E-state index is 13.5. The van der Waals surface area contributed by atoms with Gasteiger partial charge < -0.3 is 19.5 Å². The van der Waals surface area contributed by atoms with Crippen LogP contribution in [0.4, 0.5) is 0 Å². The van der Waals surface area contributed by atoms with Crippen LogP contribution >= 0.6 is 0 Å². The van der Waals surface area contributed by atoms with Gasteiger partial charge in [-0.15, -0.1) is 0 Å². The van der Waals surface area contributed by atoms with E-state index in [-0.39, 0.29) is 19.2 Å². The lowest BCUT2D eigenvalue weighted by Crippen LogP contribution is -2.44. The summed E-state index contributed by atoms with van der Waals surface area (Å²) in [7, 11) is 0. The molecule has 0 aliphatic carbocycles. The number of hydrogen-bond donors (Lipinski definition) is 1. The number of fused-ring (bicyclic) bond motifs is 2. The normalized spacial score (nSPS) is 19.5. The topological polar surface area (TPSA) is 89.0 Å². The molecule has 0 saturated heterocycles. The third kappa shape index (κ3) is 2.95.